The highest BCUT2D eigenvalue weighted by Gasteiger charge is 2.26. The Balaban J connectivity index is 1.83. The molecule has 0 spiro atoms. The van der Waals surface area contributed by atoms with Crippen LogP contribution in [0.15, 0.2) is 30.3 Å². The maximum absolute atomic E-state index is 11.5. The fourth-order valence-electron chi connectivity index (χ4n) is 2.83. The van der Waals surface area contributed by atoms with Crippen LogP contribution in [-0.2, 0) is 11.3 Å². The van der Waals surface area contributed by atoms with Crippen LogP contribution in [0.5, 0.6) is 0 Å². The Kier molecular flexibility index (Phi) is 3.86. The zero-order valence-corrected chi connectivity index (χ0v) is 12.2. The molecule has 1 unspecified atom stereocenters. The second-order valence-corrected chi connectivity index (χ2v) is 5.57. The van der Waals surface area contributed by atoms with Gasteiger partial charge in [0, 0.05) is 37.3 Å². The minimum Gasteiger partial charge on any atom is -0.368 e. The second-order valence-electron chi connectivity index (χ2n) is 5.57. The Morgan fingerprint density at radius 1 is 1.43 bits per heavy atom. The number of hydrogen-bond donors (Lipinski definition) is 2. The molecule has 5 heteroatoms. The number of benzene rings is 1. The first-order valence-electron chi connectivity index (χ1n) is 7.24. The van der Waals surface area contributed by atoms with Gasteiger partial charge in [-0.25, -0.2) is 0 Å². The highest BCUT2D eigenvalue weighted by Crippen LogP contribution is 2.17. The van der Waals surface area contributed by atoms with Crippen molar-refractivity contribution in [3.8, 4) is 0 Å². The van der Waals surface area contributed by atoms with Gasteiger partial charge in [0.25, 0.3) is 0 Å². The van der Waals surface area contributed by atoms with E-state index in [1.165, 1.54) is 5.56 Å². The van der Waals surface area contributed by atoms with Crippen LogP contribution in [-0.4, -0.2) is 41.5 Å². The summed E-state index contributed by atoms with van der Waals surface area (Å²) in [5.41, 5.74) is 8.69. The largest absolute Gasteiger partial charge is 0.368 e. The quantitative estimate of drug-likeness (QED) is 0.874. The van der Waals surface area contributed by atoms with E-state index in [1.54, 1.807) is 0 Å². The van der Waals surface area contributed by atoms with Gasteiger partial charge >= 0.3 is 0 Å². The van der Waals surface area contributed by atoms with Crippen LogP contribution in [0.25, 0.3) is 10.9 Å². The van der Waals surface area contributed by atoms with E-state index in [0.29, 0.717) is 6.54 Å². The molecule has 1 saturated heterocycles. The minimum atomic E-state index is -0.264. The van der Waals surface area contributed by atoms with Gasteiger partial charge in [-0.2, -0.15) is 0 Å². The molecule has 1 aromatic heterocycles. The van der Waals surface area contributed by atoms with E-state index in [0.717, 1.165) is 36.2 Å². The van der Waals surface area contributed by atoms with E-state index in [2.05, 4.69) is 33.4 Å². The Bertz CT molecular complexity index is 670. The number of aromatic nitrogens is 1. The number of rotatable bonds is 3. The van der Waals surface area contributed by atoms with Gasteiger partial charge in [0.15, 0.2) is 0 Å². The number of fused-ring (bicyclic) bond motifs is 1. The third-order valence-electron chi connectivity index (χ3n) is 3.96. The molecule has 3 rings (SSSR count). The normalized spacial score (nSPS) is 19.8. The summed E-state index contributed by atoms with van der Waals surface area (Å²) in [6.07, 6.45) is 0. The first-order chi connectivity index (χ1) is 10.1. The fourth-order valence-corrected chi connectivity index (χ4v) is 2.83. The van der Waals surface area contributed by atoms with Crippen molar-refractivity contribution in [3.05, 3.63) is 41.6 Å². The molecular formula is C16H20N4O. The van der Waals surface area contributed by atoms with E-state index >= 15 is 0 Å². The van der Waals surface area contributed by atoms with E-state index in [9.17, 15) is 4.79 Å². The summed E-state index contributed by atoms with van der Waals surface area (Å²) < 4.78 is 0. The first kappa shape index (κ1) is 14.0. The number of aryl methyl sites for hydroxylation is 1. The molecule has 1 amide bonds. The van der Waals surface area contributed by atoms with E-state index < -0.39 is 0 Å². The highest BCUT2D eigenvalue weighted by atomic mass is 16.1. The summed E-state index contributed by atoms with van der Waals surface area (Å²) in [7, 11) is 0. The molecule has 0 aliphatic carbocycles. The van der Waals surface area contributed by atoms with E-state index in [4.69, 9.17) is 5.73 Å². The average molecular weight is 284 g/mol. The van der Waals surface area contributed by atoms with Gasteiger partial charge in [-0.15, -0.1) is 0 Å². The molecule has 110 valence electrons. The van der Waals surface area contributed by atoms with Crippen LogP contribution in [0.3, 0.4) is 0 Å². The number of nitrogens with zero attached hydrogens (tertiary/aromatic N) is 2. The van der Waals surface area contributed by atoms with Crippen LogP contribution < -0.4 is 11.1 Å². The highest BCUT2D eigenvalue weighted by molar-refractivity contribution is 5.81. The van der Waals surface area contributed by atoms with Crippen molar-refractivity contribution in [2.24, 2.45) is 5.73 Å². The molecule has 1 fully saturated rings. The summed E-state index contributed by atoms with van der Waals surface area (Å²) in [5, 5.41) is 4.34. The van der Waals surface area contributed by atoms with Gasteiger partial charge in [-0.3, -0.25) is 14.7 Å². The topological polar surface area (TPSA) is 71.2 Å². The Hall–Kier alpha value is -1.98. The van der Waals surface area contributed by atoms with Crippen LogP contribution in [0.4, 0.5) is 0 Å². The lowest BCUT2D eigenvalue weighted by molar-refractivity contribution is -0.124. The molecular weight excluding hydrogens is 264 g/mol. The van der Waals surface area contributed by atoms with Crippen LogP contribution in [0.2, 0.25) is 0 Å². The van der Waals surface area contributed by atoms with Gasteiger partial charge in [0.2, 0.25) is 5.91 Å². The molecule has 1 aliphatic heterocycles. The molecule has 0 saturated carbocycles. The average Bonchev–Trinajstić information content (AvgIpc) is 2.48. The summed E-state index contributed by atoms with van der Waals surface area (Å²) in [6.45, 7) is 5.07. The molecule has 2 aromatic rings. The second kappa shape index (κ2) is 5.79. The monoisotopic (exact) mass is 284 g/mol. The fraction of sp³-hybridized carbons (Fsp3) is 0.375. The summed E-state index contributed by atoms with van der Waals surface area (Å²) in [5.74, 6) is -0.264. The van der Waals surface area contributed by atoms with E-state index in [-0.39, 0.29) is 11.9 Å². The maximum Gasteiger partial charge on any atom is 0.236 e. The third-order valence-corrected chi connectivity index (χ3v) is 3.96. The minimum absolute atomic E-state index is 0.231. The zero-order chi connectivity index (χ0) is 14.8. The van der Waals surface area contributed by atoms with Crippen molar-refractivity contribution in [1.82, 2.24) is 15.2 Å². The smallest absolute Gasteiger partial charge is 0.236 e. The Morgan fingerprint density at radius 3 is 3.10 bits per heavy atom. The molecule has 1 aromatic carbocycles. The number of nitrogens with two attached hydrogens (primary N) is 1. The van der Waals surface area contributed by atoms with Crippen molar-refractivity contribution in [3.63, 3.8) is 0 Å². The lowest BCUT2D eigenvalue weighted by Crippen LogP contribution is -2.56. The van der Waals surface area contributed by atoms with Crippen LogP contribution >= 0.6 is 0 Å². The molecule has 0 bridgehead atoms. The molecule has 1 atom stereocenters. The molecule has 0 radical (unpaired) electrons. The number of pyridine rings is 1. The standard InChI is InChI=1S/C16H20N4O/c1-11-2-4-13-8-12(3-5-14(13)19-11)10-20-7-6-18-9-15(20)16(17)21/h2-5,8,15,18H,6-7,9-10H2,1H3,(H2,17,21). The number of carbonyl (C=O) groups is 1. The molecule has 21 heavy (non-hydrogen) atoms. The number of amides is 1. The lowest BCUT2D eigenvalue weighted by Gasteiger charge is -2.34. The number of carbonyl (C=O) groups excluding carboxylic acids is 1. The molecule has 5 nitrogen and oxygen atoms in total. The number of piperazine rings is 1. The van der Waals surface area contributed by atoms with Crippen molar-refractivity contribution >= 4 is 16.8 Å². The predicted octanol–water partition coefficient (Wildman–Crippen LogP) is 0.802. The summed E-state index contributed by atoms with van der Waals surface area (Å²) in [4.78, 5) is 18.2. The maximum atomic E-state index is 11.5. The van der Waals surface area contributed by atoms with Gasteiger partial charge < -0.3 is 11.1 Å². The van der Waals surface area contributed by atoms with Gasteiger partial charge in [-0.1, -0.05) is 12.1 Å². The van der Waals surface area contributed by atoms with Gasteiger partial charge in [0.05, 0.1) is 5.52 Å². The Labute approximate surface area is 124 Å². The molecule has 3 N–H and O–H groups in total. The van der Waals surface area contributed by atoms with Crippen molar-refractivity contribution < 1.29 is 4.79 Å². The van der Waals surface area contributed by atoms with Crippen LogP contribution in [0, 0.1) is 6.92 Å². The Morgan fingerprint density at radius 2 is 2.29 bits per heavy atom. The number of primary amides is 1. The summed E-state index contributed by atoms with van der Waals surface area (Å²) >= 11 is 0. The van der Waals surface area contributed by atoms with Gasteiger partial charge in [-0.05, 0) is 30.7 Å². The van der Waals surface area contributed by atoms with Gasteiger partial charge in [0.1, 0.15) is 6.04 Å². The van der Waals surface area contributed by atoms with Crippen molar-refractivity contribution in [2.75, 3.05) is 19.6 Å². The van der Waals surface area contributed by atoms with Crippen molar-refractivity contribution in [2.45, 2.75) is 19.5 Å². The third kappa shape index (κ3) is 3.04. The van der Waals surface area contributed by atoms with Crippen LogP contribution in [0.1, 0.15) is 11.3 Å². The SMILES string of the molecule is Cc1ccc2cc(CN3CCNCC3C(N)=O)ccc2n1. The molecule has 1 aliphatic rings. The zero-order valence-electron chi connectivity index (χ0n) is 12.2. The van der Waals surface area contributed by atoms with Crippen molar-refractivity contribution in [1.29, 1.82) is 0 Å². The first-order valence-corrected chi connectivity index (χ1v) is 7.24. The predicted molar refractivity (Wildman–Crippen MR) is 82.7 cm³/mol. The van der Waals surface area contributed by atoms with E-state index in [1.807, 2.05) is 19.1 Å². The number of hydrogen-bond acceptors (Lipinski definition) is 4. The lowest BCUT2D eigenvalue weighted by atomic mass is 10.1. The number of nitrogens with one attached hydrogen (secondary N) is 1. The molecule has 2 heterocycles. The summed E-state index contributed by atoms with van der Waals surface area (Å²) in [6, 6.07) is 10.1.